The number of hydrogen-bond donors (Lipinski definition) is 1. The Balaban J connectivity index is 2.33. The fourth-order valence-electron chi connectivity index (χ4n) is 2.04. The van der Waals surface area contributed by atoms with E-state index >= 15 is 0 Å². The van der Waals surface area contributed by atoms with Gasteiger partial charge in [0.25, 0.3) is 0 Å². The second-order valence-electron chi connectivity index (χ2n) is 4.83. The van der Waals surface area contributed by atoms with E-state index in [2.05, 4.69) is 37.1 Å². The van der Waals surface area contributed by atoms with Crippen LogP contribution in [0.4, 0.5) is 0 Å². The molecule has 0 bridgehead atoms. The molecule has 0 aliphatic carbocycles. The Bertz CT molecular complexity index is 284. The summed E-state index contributed by atoms with van der Waals surface area (Å²) in [5, 5.41) is 3.62. The monoisotopic (exact) mass is 234 g/mol. The summed E-state index contributed by atoms with van der Waals surface area (Å²) >= 11 is 0. The first-order valence-electron chi connectivity index (χ1n) is 6.91. The van der Waals surface area contributed by atoms with Gasteiger partial charge in [0, 0.05) is 18.4 Å². The summed E-state index contributed by atoms with van der Waals surface area (Å²) < 4.78 is 0. The molecule has 2 heteroatoms. The molecule has 0 saturated heterocycles. The van der Waals surface area contributed by atoms with Crippen LogP contribution in [-0.4, -0.2) is 11.5 Å². The van der Waals surface area contributed by atoms with E-state index in [4.69, 9.17) is 0 Å². The molecule has 0 aliphatic rings. The number of nitrogens with zero attached hydrogens (tertiary/aromatic N) is 1. The van der Waals surface area contributed by atoms with Crippen molar-refractivity contribution in [1.29, 1.82) is 0 Å². The van der Waals surface area contributed by atoms with E-state index in [1.165, 1.54) is 31.2 Å². The number of aromatic nitrogens is 1. The number of rotatable bonds is 8. The lowest BCUT2D eigenvalue weighted by atomic mass is 9.98. The minimum Gasteiger partial charge on any atom is -0.310 e. The molecule has 0 amide bonds. The molecule has 0 aliphatic heterocycles. The van der Waals surface area contributed by atoms with Crippen molar-refractivity contribution < 1.29 is 0 Å². The minimum absolute atomic E-state index is 0.402. The van der Waals surface area contributed by atoms with Gasteiger partial charge in [0.15, 0.2) is 0 Å². The number of pyridine rings is 1. The van der Waals surface area contributed by atoms with E-state index in [-0.39, 0.29) is 0 Å². The van der Waals surface area contributed by atoms with Crippen LogP contribution in [0.1, 0.15) is 58.1 Å². The van der Waals surface area contributed by atoms with E-state index in [1.54, 1.807) is 0 Å². The highest BCUT2D eigenvalue weighted by Gasteiger charge is 2.09. The summed E-state index contributed by atoms with van der Waals surface area (Å²) in [6, 6.07) is 4.54. The third-order valence-electron chi connectivity index (χ3n) is 3.44. The fraction of sp³-hybridized carbons (Fsp3) is 0.667. The molecule has 1 N–H and O–H groups in total. The zero-order valence-electron chi connectivity index (χ0n) is 11.4. The van der Waals surface area contributed by atoms with Gasteiger partial charge in [-0.25, -0.2) is 0 Å². The molecule has 2 atom stereocenters. The zero-order chi connectivity index (χ0) is 12.5. The largest absolute Gasteiger partial charge is 0.310 e. The van der Waals surface area contributed by atoms with Gasteiger partial charge in [-0.3, -0.25) is 4.98 Å². The van der Waals surface area contributed by atoms with Crippen LogP contribution in [0, 0.1) is 5.92 Å². The van der Waals surface area contributed by atoms with Gasteiger partial charge in [-0.1, -0.05) is 39.2 Å². The van der Waals surface area contributed by atoms with Gasteiger partial charge in [-0.15, -0.1) is 0 Å². The summed E-state index contributed by atoms with van der Waals surface area (Å²) in [7, 11) is 0. The Morgan fingerprint density at radius 1 is 1.35 bits per heavy atom. The lowest BCUT2D eigenvalue weighted by Crippen LogP contribution is -2.25. The molecule has 2 nitrogen and oxygen atoms in total. The van der Waals surface area contributed by atoms with Crippen molar-refractivity contribution in [1.82, 2.24) is 10.3 Å². The number of hydrogen-bond acceptors (Lipinski definition) is 2. The van der Waals surface area contributed by atoms with E-state index in [0.717, 1.165) is 12.5 Å². The van der Waals surface area contributed by atoms with Crippen molar-refractivity contribution in [3.63, 3.8) is 0 Å². The summed E-state index contributed by atoms with van der Waals surface area (Å²) in [5.41, 5.74) is 1.28. The van der Waals surface area contributed by atoms with Gasteiger partial charge in [-0.2, -0.15) is 0 Å². The van der Waals surface area contributed by atoms with Gasteiger partial charge in [0.05, 0.1) is 0 Å². The first kappa shape index (κ1) is 14.2. The molecule has 1 aromatic heterocycles. The second-order valence-corrected chi connectivity index (χ2v) is 4.83. The van der Waals surface area contributed by atoms with Crippen LogP contribution < -0.4 is 5.32 Å². The third kappa shape index (κ3) is 5.31. The van der Waals surface area contributed by atoms with E-state index in [9.17, 15) is 0 Å². The predicted octanol–water partition coefficient (Wildman–Crippen LogP) is 3.95. The normalized spacial score (nSPS) is 14.5. The van der Waals surface area contributed by atoms with Crippen molar-refractivity contribution in [2.75, 3.05) is 6.54 Å². The number of nitrogens with one attached hydrogen (secondary N) is 1. The SMILES string of the molecule is CCCCC(CC)CN[C@H](C)c1cccnc1. The average molecular weight is 234 g/mol. The molecule has 1 rings (SSSR count). The first-order chi connectivity index (χ1) is 8.27. The maximum absolute atomic E-state index is 4.16. The zero-order valence-corrected chi connectivity index (χ0v) is 11.4. The van der Waals surface area contributed by atoms with Crippen molar-refractivity contribution in [3.05, 3.63) is 30.1 Å². The summed E-state index contributed by atoms with van der Waals surface area (Å²) in [4.78, 5) is 4.16. The second kappa shape index (κ2) is 8.24. The topological polar surface area (TPSA) is 24.9 Å². The lowest BCUT2D eigenvalue weighted by molar-refractivity contribution is 0.398. The number of unbranched alkanes of at least 4 members (excludes halogenated alkanes) is 1. The molecule has 0 fully saturated rings. The van der Waals surface area contributed by atoms with E-state index in [1.807, 2.05) is 18.5 Å². The Hall–Kier alpha value is -0.890. The van der Waals surface area contributed by atoms with Crippen molar-refractivity contribution in [3.8, 4) is 0 Å². The Kier molecular flexibility index (Phi) is 6.87. The maximum atomic E-state index is 4.16. The highest BCUT2D eigenvalue weighted by atomic mass is 14.9. The first-order valence-corrected chi connectivity index (χ1v) is 6.91. The standard InChI is InChI=1S/C15H26N2/c1-4-6-8-14(5-2)11-17-13(3)15-9-7-10-16-12-15/h7,9-10,12-14,17H,4-6,8,11H2,1-3H3/t13-,14?/m1/s1. The predicted molar refractivity (Wildman–Crippen MR) is 74.0 cm³/mol. The summed E-state index contributed by atoms with van der Waals surface area (Å²) in [6.45, 7) is 7.88. The highest BCUT2D eigenvalue weighted by Crippen LogP contribution is 2.15. The molecule has 1 heterocycles. The van der Waals surface area contributed by atoms with Crippen LogP contribution >= 0.6 is 0 Å². The smallest absolute Gasteiger partial charge is 0.0315 e. The molecular formula is C15H26N2. The van der Waals surface area contributed by atoms with Gasteiger partial charge in [-0.05, 0) is 37.4 Å². The lowest BCUT2D eigenvalue weighted by Gasteiger charge is -2.19. The molecule has 17 heavy (non-hydrogen) atoms. The van der Waals surface area contributed by atoms with E-state index in [0.29, 0.717) is 6.04 Å². The molecule has 0 radical (unpaired) electrons. The van der Waals surface area contributed by atoms with Crippen LogP contribution in [0.5, 0.6) is 0 Å². The summed E-state index contributed by atoms with van der Waals surface area (Å²) in [6.07, 6.45) is 9.04. The molecule has 1 unspecified atom stereocenters. The van der Waals surface area contributed by atoms with Crippen molar-refractivity contribution in [2.24, 2.45) is 5.92 Å². The molecule has 0 saturated carbocycles. The molecule has 0 spiro atoms. The van der Waals surface area contributed by atoms with E-state index < -0.39 is 0 Å². The van der Waals surface area contributed by atoms with Crippen LogP contribution in [0.2, 0.25) is 0 Å². The van der Waals surface area contributed by atoms with Gasteiger partial charge < -0.3 is 5.32 Å². The fourth-order valence-corrected chi connectivity index (χ4v) is 2.04. The summed E-state index contributed by atoms with van der Waals surface area (Å²) in [5.74, 6) is 0.814. The quantitative estimate of drug-likeness (QED) is 0.736. The van der Waals surface area contributed by atoms with Crippen molar-refractivity contribution in [2.45, 2.75) is 52.5 Å². The maximum Gasteiger partial charge on any atom is 0.0315 e. The Morgan fingerprint density at radius 3 is 2.76 bits per heavy atom. The average Bonchev–Trinajstić information content (AvgIpc) is 2.39. The van der Waals surface area contributed by atoms with Crippen LogP contribution in [0.3, 0.4) is 0 Å². The van der Waals surface area contributed by atoms with Gasteiger partial charge >= 0.3 is 0 Å². The van der Waals surface area contributed by atoms with Crippen LogP contribution in [-0.2, 0) is 0 Å². The highest BCUT2D eigenvalue weighted by molar-refractivity contribution is 5.12. The van der Waals surface area contributed by atoms with Gasteiger partial charge in [0.1, 0.15) is 0 Å². The van der Waals surface area contributed by atoms with Crippen LogP contribution in [0.15, 0.2) is 24.5 Å². The molecule has 96 valence electrons. The van der Waals surface area contributed by atoms with Crippen molar-refractivity contribution >= 4 is 0 Å². The molecule has 1 aromatic rings. The van der Waals surface area contributed by atoms with Gasteiger partial charge in [0.2, 0.25) is 0 Å². The minimum atomic E-state index is 0.402. The molecular weight excluding hydrogens is 208 g/mol. The van der Waals surface area contributed by atoms with Crippen LogP contribution in [0.25, 0.3) is 0 Å². The Morgan fingerprint density at radius 2 is 2.18 bits per heavy atom. The molecule has 0 aromatic carbocycles. The Labute approximate surface area is 106 Å². The third-order valence-corrected chi connectivity index (χ3v) is 3.44.